The molecule has 0 saturated heterocycles. The van der Waals surface area contributed by atoms with E-state index in [9.17, 15) is 18.0 Å². The van der Waals surface area contributed by atoms with Gasteiger partial charge in [0.2, 0.25) is 0 Å². The molecular formula is C33H33N3O6S. The van der Waals surface area contributed by atoms with Crippen LogP contribution in [0.25, 0.3) is 0 Å². The summed E-state index contributed by atoms with van der Waals surface area (Å²) in [5, 5.41) is 2.87. The number of carbonyl (C=O) groups is 2. The third-order valence-electron chi connectivity index (χ3n) is 7.24. The lowest BCUT2D eigenvalue weighted by molar-refractivity contribution is -0.128. The molecule has 4 aromatic rings. The molecule has 1 unspecified atom stereocenters. The number of rotatable bonds is 9. The van der Waals surface area contributed by atoms with Crippen LogP contribution < -0.4 is 24.4 Å². The molecule has 2 amide bonds. The highest BCUT2D eigenvalue weighted by Crippen LogP contribution is 2.33. The Morgan fingerprint density at radius 3 is 2.37 bits per heavy atom. The molecule has 2 N–H and O–H groups in total. The Morgan fingerprint density at radius 1 is 0.884 bits per heavy atom. The minimum absolute atomic E-state index is 0.0140. The van der Waals surface area contributed by atoms with E-state index in [-0.39, 0.29) is 29.9 Å². The van der Waals surface area contributed by atoms with Crippen LogP contribution in [-0.2, 0) is 26.2 Å². The lowest BCUT2D eigenvalue weighted by Crippen LogP contribution is -2.51. The lowest BCUT2D eigenvalue weighted by atomic mass is 10.1. The summed E-state index contributed by atoms with van der Waals surface area (Å²) in [4.78, 5) is 27.9. The maximum absolute atomic E-state index is 13.4. The van der Waals surface area contributed by atoms with Gasteiger partial charge in [-0.05, 0) is 85.5 Å². The van der Waals surface area contributed by atoms with Crippen molar-refractivity contribution in [2.24, 2.45) is 0 Å². The number of para-hydroxylation sites is 2. The third-order valence-corrected chi connectivity index (χ3v) is 8.62. The van der Waals surface area contributed by atoms with Crippen LogP contribution in [0, 0.1) is 20.8 Å². The highest BCUT2D eigenvalue weighted by molar-refractivity contribution is 7.92. The molecule has 0 bridgehead atoms. The van der Waals surface area contributed by atoms with Gasteiger partial charge in [-0.1, -0.05) is 48.5 Å². The number of hydrogen-bond donors (Lipinski definition) is 2. The minimum atomic E-state index is -3.83. The highest BCUT2D eigenvalue weighted by Gasteiger charge is 2.34. The van der Waals surface area contributed by atoms with Gasteiger partial charge in [0.25, 0.3) is 21.8 Å². The van der Waals surface area contributed by atoms with Gasteiger partial charge in [-0.3, -0.25) is 14.3 Å². The predicted molar refractivity (Wildman–Crippen MR) is 165 cm³/mol. The first-order valence-electron chi connectivity index (χ1n) is 13.8. The molecule has 9 nitrogen and oxygen atoms in total. The fraction of sp³-hybridized carbons (Fsp3) is 0.212. The molecule has 1 atom stereocenters. The largest absolute Gasteiger partial charge is 0.483 e. The summed E-state index contributed by atoms with van der Waals surface area (Å²) in [6.07, 6.45) is -0.904. The van der Waals surface area contributed by atoms with Crippen LogP contribution in [0.2, 0.25) is 0 Å². The van der Waals surface area contributed by atoms with Crippen molar-refractivity contribution in [3.8, 4) is 11.5 Å². The number of nitrogens with zero attached hydrogens (tertiary/aromatic N) is 1. The number of aryl methyl sites for hydroxylation is 3. The van der Waals surface area contributed by atoms with E-state index in [1.54, 1.807) is 43.3 Å². The van der Waals surface area contributed by atoms with Crippen molar-refractivity contribution >= 4 is 33.2 Å². The monoisotopic (exact) mass is 599 g/mol. The molecule has 0 aliphatic carbocycles. The normalized spacial score (nSPS) is 14.3. The van der Waals surface area contributed by atoms with E-state index in [1.807, 2.05) is 50.2 Å². The van der Waals surface area contributed by atoms with Crippen LogP contribution >= 0.6 is 0 Å². The Balaban J connectivity index is 1.25. The number of amides is 2. The number of ether oxygens (including phenoxy) is 2. The van der Waals surface area contributed by atoms with Gasteiger partial charge < -0.3 is 19.7 Å². The maximum Gasteiger partial charge on any atom is 0.265 e. The number of hydrogen-bond acceptors (Lipinski definition) is 6. The Labute approximate surface area is 251 Å². The Hall–Kier alpha value is -4.83. The second-order valence-corrected chi connectivity index (χ2v) is 12.1. The average Bonchev–Trinajstić information content (AvgIpc) is 3.00. The van der Waals surface area contributed by atoms with Crippen molar-refractivity contribution in [2.75, 3.05) is 22.8 Å². The summed E-state index contributed by atoms with van der Waals surface area (Å²) in [5.41, 5.74) is 4.56. The smallest absolute Gasteiger partial charge is 0.265 e. The first kappa shape index (κ1) is 29.7. The topological polar surface area (TPSA) is 114 Å². The van der Waals surface area contributed by atoms with Gasteiger partial charge in [-0.25, -0.2) is 8.42 Å². The van der Waals surface area contributed by atoms with E-state index in [0.717, 1.165) is 16.7 Å². The predicted octanol–water partition coefficient (Wildman–Crippen LogP) is 4.90. The molecular weight excluding hydrogens is 566 g/mol. The molecule has 0 radical (unpaired) electrons. The zero-order valence-electron chi connectivity index (χ0n) is 24.2. The number of fused-ring (bicyclic) bond motifs is 1. The van der Waals surface area contributed by atoms with Gasteiger partial charge in [-0.15, -0.1) is 0 Å². The molecule has 1 aliphatic rings. The van der Waals surface area contributed by atoms with Crippen LogP contribution in [0.5, 0.6) is 11.5 Å². The van der Waals surface area contributed by atoms with Crippen molar-refractivity contribution in [3.63, 3.8) is 0 Å². The third kappa shape index (κ3) is 6.98. The zero-order chi connectivity index (χ0) is 30.6. The standard InChI is InChI=1S/C33H33N3O6S/c1-22-13-14-26(17-23(22)2)35-43(39,40)27-15-16-29(24(3)18-27)41-21-32(37)36-20-31(42-30-12-8-7-11-28(30)36)33(38)34-19-25-9-5-4-6-10-25/h4-18,31,35H,19-21H2,1-3H3,(H,34,38). The second kappa shape index (κ2) is 12.6. The summed E-state index contributed by atoms with van der Waals surface area (Å²) < 4.78 is 40.4. The molecule has 5 rings (SSSR count). The quantitative estimate of drug-likeness (QED) is 0.283. The zero-order valence-corrected chi connectivity index (χ0v) is 25.0. The van der Waals surface area contributed by atoms with E-state index in [1.165, 1.54) is 23.1 Å². The molecule has 1 heterocycles. The van der Waals surface area contributed by atoms with Gasteiger partial charge in [0.05, 0.1) is 17.1 Å². The van der Waals surface area contributed by atoms with Crippen molar-refractivity contribution < 1.29 is 27.5 Å². The van der Waals surface area contributed by atoms with Gasteiger partial charge >= 0.3 is 0 Å². The van der Waals surface area contributed by atoms with E-state index >= 15 is 0 Å². The summed E-state index contributed by atoms with van der Waals surface area (Å²) >= 11 is 0. The van der Waals surface area contributed by atoms with Crippen molar-refractivity contribution in [1.29, 1.82) is 0 Å². The highest BCUT2D eigenvalue weighted by atomic mass is 32.2. The molecule has 222 valence electrons. The lowest BCUT2D eigenvalue weighted by Gasteiger charge is -2.34. The Bertz CT molecular complexity index is 1760. The van der Waals surface area contributed by atoms with Crippen LogP contribution in [0.1, 0.15) is 22.3 Å². The fourth-order valence-electron chi connectivity index (χ4n) is 4.69. The average molecular weight is 600 g/mol. The molecule has 4 aromatic carbocycles. The van der Waals surface area contributed by atoms with Crippen LogP contribution in [0.15, 0.2) is 95.9 Å². The molecule has 10 heteroatoms. The molecule has 0 saturated carbocycles. The first-order chi connectivity index (χ1) is 20.6. The van der Waals surface area contributed by atoms with Gasteiger partial charge in [-0.2, -0.15) is 0 Å². The van der Waals surface area contributed by atoms with Crippen molar-refractivity contribution in [2.45, 2.75) is 38.3 Å². The van der Waals surface area contributed by atoms with Crippen LogP contribution in [0.4, 0.5) is 11.4 Å². The number of carbonyl (C=O) groups excluding carboxylic acids is 2. The van der Waals surface area contributed by atoms with E-state index < -0.39 is 16.1 Å². The Morgan fingerprint density at radius 2 is 1.63 bits per heavy atom. The van der Waals surface area contributed by atoms with Gasteiger partial charge in [0, 0.05) is 12.2 Å². The van der Waals surface area contributed by atoms with Gasteiger partial charge in [0.15, 0.2) is 12.7 Å². The molecule has 1 aliphatic heterocycles. The summed E-state index contributed by atoms with van der Waals surface area (Å²) in [5.74, 6) is 0.0874. The fourth-order valence-corrected chi connectivity index (χ4v) is 5.83. The van der Waals surface area contributed by atoms with E-state index in [0.29, 0.717) is 35.0 Å². The van der Waals surface area contributed by atoms with Crippen LogP contribution in [-0.4, -0.2) is 39.5 Å². The van der Waals surface area contributed by atoms with E-state index in [2.05, 4.69) is 10.0 Å². The van der Waals surface area contributed by atoms with Crippen molar-refractivity contribution in [1.82, 2.24) is 5.32 Å². The molecule has 0 aromatic heterocycles. The summed E-state index contributed by atoms with van der Waals surface area (Å²) in [6.45, 7) is 5.62. The molecule has 0 fully saturated rings. The first-order valence-corrected chi connectivity index (χ1v) is 15.3. The number of benzene rings is 4. The van der Waals surface area contributed by atoms with Gasteiger partial charge in [0.1, 0.15) is 11.5 Å². The number of sulfonamides is 1. The number of anilines is 2. The Kier molecular flexibility index (Phi) is 8.68. The molecule has 0 spiro atoms. The molecule has 43 heavy (non-hydrogen) atoms. The van der Waals surface area contributed by atoms with E-state index in [4.69, 9.17) is 9.47 Å². The summed E-state index contributed by atoms with van der Waals surface area (Å²) in [6, 6.07) is 26.4. The SMILES string of the molecule is Cc1ccc(NS(=O)(=O)c2ccc(OCC(=O)N3CC(C(=O)NCc4ccccc4)Oc4ccccc43)c(C)c2)cc1C. The van der Waals surface area contributed by atoms with Crippen molar-refractivity contribution in [3.05, 3.63) is 113 Å². The number of nitrogens with one attached hydrogen (secondary N) is 2. The maximum atomic E-state index is 13.4. The second-order valence-electron chi connectivity index (χ2n) is 10.4. The van der Waals surface area contributed by atoms with Crippen LogP contribution in [0.3, 0.4) is 0 Å². The minimum Gasteiger partial charge on any atom is -0.483 e. The summed E-state index contributed by atoms with van der Waals surface area (Å²) in [7, 11) is -3.83.